The van der Waals surface area contributed by atoms with Crippen molar-refractivity contribution in [2.75, 3.05) is 32.8 Å². The first-order chi connectivity index (χ1) is 47.1. The van der Waals surface area contributed by atoms with Gasteiger partial charge in [0.1, 0.15) is 78.3 Å². The van der Waals surface area contributed by atoms with Crippen LogP contribution in [-0.2, 0) is 73.5 Å². The molecule has 1 aromatic carbocycles. The van der Waals surface area contributed by atoms with Crippen LogP contribution in [0.1, 0.15) is 165 Å². The average molecular weight is 1420 g/mol. The Balaban J connectivity index is 2.36. The van der Waals surface area contributed by atoms with Crippen LogP contribution in [-0.4, -0.2) is 208 Å². The van der Waals surface area contributed by atoms with Crippen molar-refractivity contribution in [3.8, 4) is 5.75 Å². The van der Waals surface area contributed by atoms with E-state index in [0.717, 1.165) is 11.8 Å². The summed E-state index contributed by atoms with van der Waals surface area (Å²) in [5.74, 6) is -14.4. The number of unbranched alkanes of at least 4 members (excludes halogenated alkanes) is 2. The van der Waals surface area contributed by atoms with Crippen LogP contribution in [0, 0.1) is 29.6 Å². The maximum atomic E-state index is 14.6. The van der Waals surface area contributed by atoms with Gasteiger partial charge in [-0.1, -0.05) is 101 Å². The third kappa shape index (κ3) is 29.0. The number of carbonyl (C=O) groups is 14. The third-order valence-electron chi connectivity index (χ3n) is 17.7. The number of amides is 14. The minimum absolute atomic E-state index is 0.00824. The van der Waals surface area contributed by atoms with Crippen LogP contribution in [0.15, 0.2) is 24.3 Å². The number of phenolic OH excluding ortho intramolecular Hbond substituents is 1. The summed E-state index contributed by atoms with van der Waals surface area (Å²) in [7, 11) is 0. The number of aliphatic hydroxyl groups excluding tert-OH is 2. The van der Waals surface area contributed by atoms with E-state index in [1.165, 1.54) is 12.1 Å². The smallest absolute Gasteiger partial charge is 0.246 e. The molecular weight excluding hydrogens is 1300 g/mol. The van der Waals surface area contributed by atoms with Crippen LogP contribution >= 0.6 is 0 Å². The molecule has 0 radical (unpaired) electrons. The number of nitrogens with zero attached hydrogens (tertiary/aromatic N) is 1. The Morgan fingerprint density at radius 1 is 0.490 bits per heavy atom. The van der Waals surface area contributed by atoms with Crippen LogP contribution in [0.3, 0.4) is 0 Å². The Labute approximate surface area is 585 Å². The molecule has 0 unspecified atom stereocenters. The molecule has 33 heteroatoms. The maximum Gasteiger partial charge on any atom is 0.246 e. The van der Waals surface area contributed by atoms with Crippen molar-refractivity contribution in [3.05, 3.63) is 29.8 Å². The predicted octanol–water partition coefficient (Wildman–Crippen LogP) is -3.28. The van der Waals surface area contributed by atoms with E-state index in [9.17, 15) is 82.4 Å². The van der Waals surface area contributed by atoms with Crippen molar-refractivity contribution in [2.45, 2.75) is 239 Å². The lowest BCUT2D eigenvalue weighted by atomic mass is 9.93. The number of carbonyl (C=O) groups excluding carboxylic acids is 14. The molecule has 1 aliphatic rings. The summed E-state index contributed by atoms with van der Waals surface area (Å²) in [5, 5.41) is 59.3. The molecule has 15 atom stereocenters. The quantitative estimate of drug-likeness (QED) is 0.0285. The fourth-order valence-electron chi connectivity index (χ4n) is 11.1. The van der Waals surface area contributed by atoms with Gasteiger partial charge in [-0.3, -0.25) is 67.1 Å². The third-order valence-corrected chi connectivity index (χ3v) is 17.7. The van der Waals surface area contributed by atoms with Crippen molar-refractivity contribution in [3.63, 3.8) is 0 Å². The second kappa shape index (κ2) is 44.5. The molecule has 0 aliphatic carbocycles. The zero-order valence-electron chi connectivity index (χ0n) is 59.9. The molecule has 0 saturated carbocycles. The Hall–Kier alpha value is -8.56. The number of hydrogen-bond acceptors (Lipinski definition) is 19. The second-order valence-electron chi connectivity index (χ2n) is 26.7. The van der Waals surface area contributed by atoms with Gasteiger partial charge in [-0.15, -0.1) is 0 Å². The summed E-state index contributed by atoms with van der Waals surface area (Å²) in [6.45, 7) is 16.8. The highest BCUT2D eigenvalue weighted by Gasteiger charge is 2.42. The van der Waals surface area contributed by atoms with Crippen molar-refractivity contribution in [2.24, 2.45) is 52.5 Å². The highest BCUT2D eigenvalue weighted by molar-refractivity contribution is 6.00. The van der Waals surface area contributed by atoms with Gasteiger partial charge in [-0.2, -0.15) is 0 Å². The first kappa shape index (κ1) is 87.5. The first-order valence-corrected chi connectivity index (χ1v) is 34.7. The molecule has 100 heavy (non-hydrogen) atoms. The van der Waals surface area contributed by atoms with Gasteiger partial charge in [0, 0.05) is 19.9 Å². The lowest BCUT2D eigenvalue weighted by molar-refractivity contribution is -0.143. The van der Waals surface area contributed by atoms with E-state index in [2.05, 4.69) is 58.5 Å². The Morgan fingerprint density at radius 2 is 0.880 bits per heavy atom. The zero-order chi connectivity index (χ0) is 75.7. The van der Waals surface area contributed by atoms with Crippen LogP contribution in [0.2, 0.25) is 0 Å². The summed E-state index contributed by atoms with van der Waals surface area (Å²) in [6.07, 6.45) is 2.53. The molecule has 2 rings (SSSR count). The maximum absolute atomic E-state index is 14.6. The van der Waals surface area contributed by atoms with Gasteiger partial charge in [-0.25, -0.2) is 0 Å². The van der Waals surface area contributed by atoms with Crippen molar-refractivity contribution in [1.82, 2.24) is 63.4 Å². The Kier molecular flexibility index (Phi) is 39.0. The molecule has 564 valence electrons. The van der Waals surface area contributed by atoms with Crippen molar-refractivity contribution >= 4 is 82.7 Å². The largest absolute Gasteiger partial charge is 0.508 e. The first-order valence-electron chi connectivity index (χ1n) is 34.7. The number of likely N-dealkylation sites (tertiary alicyclic amines) is 1. The highest BCUT2D eigenvalue weighted by Crippen LogP contribution is 2.21. The van der Waals surface area contributed by atoms with Crippen molar-refractivity contribution in [1.29, 1.82) is 0 Å². The molecule has 0 aromatic heterocycles. The van der Waals surface area contributed by atoms with Gasteiger partial charge in [0.05, 0.1) is 19.6 Å². The van der Waals surface area contributed by atoms with Crippen LogP contribution < -0.4 is 81.4 Å². The molecule has 0 spiro atoms. The molecule has 1 fully saturated rings. The molecule has 22 N–H and O–H groups in total. The number of primary amides is 2. The standard InChI is InChI=1S/C67H114N16O17/c1-12-37(8)53(80-61(94)49(34-85)78-62(95)50-22-19-29-83(50)67(100)47(32-51(70)88)72-40(11)86)64(97)74-44(21-16-18-28-69)58(91)77-48(33-84)60(93)79-52(36(6)7)63(96)81-55(39(10)14-3)66(99)82-54(38(9)13-2)65(98)76-46(30-35(4)5)59(92)73-43(20-15-17-27-68)57(90)75-45(56(71)89)31-41-23-25-42(87)26-24-41/h23-26,35-39,43-50,52-55,84-85,87H,12-22,27-34,68-69H2,1-11H3,(H2,70,88)(H2,71,89)(H,72,86)(H,73,92)(H,74,97)(H,75,90)(H,76,98)(H,77,91)(H,78,95)(H,79,93)(H,80,94)(H,81,96)(H,82,99)/t37-,38-,39-,43-,44-,45-,46-,47-,48-,49-,50-,52-,53-,54-,55-/m0/s1. The topological polar surface area (TPSA) is 539 Å². The number of aliphatic hydroxyl groups is 2. The lowest BCUT2D eigenvalue weighted by Crippen LogP contribution is -2.63. The van der Waals surface area contributed by atoms with E-state index in [-0.39, 0.29) is 76.2 Å². The molecule has 1 saturated heterocycles. The molecule has 1 aliphatic heterocycles. The SMILES string of the molecule is CC[C@H](C)[C@H](NC(=O)[C@H](CO)NC(=O)[C@@H]1CCCN1C(=O)[C@H](CC(N)=O)NC(C)=O)C(=O)N[C@@H](CCCCN)C(=O)N[C@@H](CO)C(=O)N[C@H](C(=O)N[C@H](C(=O)N[C@H](C(=O)N[C@@H](CC(C)C)C(=O)N[C@@H](CCCCN)C(=O)N[C@@H](Cc1ccc(O)cc1)C(N)=O)[C@@H](C)CC)[C@@H](C)CC)C(C)C. The van der Waals surface area contributed by atoms with E-state index >= 15 is 0 Å². The number of hydrogen-bond donors (Lipinski definition) is 18. The summed E-state index contributed by atoms with van der Waals surface area (Å²) < 4.78 is 0. The molecule has 1 heterocycles. The number of aromatic hydroxyl groups is 1. The minimum atomic E-state index is -1.74. The van der Waals surface area contributed by atoms with Gasteiger partial charge >= 0.3 is 0 Å². The molecule has 14 amide bonds. The van der Waals surface area contributed by atoms with Crippen LogP contribution in [0.4, 0.5) is 0 Å². The van der Waals surface area contributed by atoms with Gasteiger partial charge in [0.15, 0.2) is 0 Å². The Bertz CT molecular complexity index is 2890. The lowest BCUT2D eigenvalue weighted by Gasteiger charge is -2.32. The second-order valence-corrected chi connectivity index (χ2v) is 26.7. The minimum Gasteiger partial charge on any atom is -0.508 e. The number of nitrogens with one attached hydrogen (secondary N) is 11. The Morgan fingerprint density at radius 3 is 1.30 bits per heavy atom. The molecule has 0 bridgehead atoms. The number of rotatable bonds is 46. The highest BCUT2D eigenvalue weighted by atomic mass is 16.3. The number of phenols is 1. The number of nitrogens with two attached hydrogens (primary N) is 4. The van der Waals surface area contributed by atoms with E-state index in [0.29, 0.717) is 44.1 Å². The van der Waals surface area contributed by atoms with Crippen LogP contribution in [0.25, 0.3) is 0 Å². The van der Waals surface area contributed by atoms with Crippen LogP contribution in [0.5, 0.6) is 5.75 Å². The van der Waals surface area contributed by atoms with E-state index in [1.807, 2.05) is 13.8 Å². The summed E-state index contributed by atoms with van der Waals surface area (Å²) in [6, 6.07) is -10.5. The van der Waals surface area contributed by atoms with Gasteiger partial charge in [0.2, 0.25) is 82.7 Å². The summed E-state index contributed by atoms with van der Waals surface area (Å²) in [4.78, 5) is 192. The predicted molar refractivity (Wildman–Crippen MR) is 369 cm³/mol. The van der Waals surface area contributed by atoms with E-state index in [4.69, 9.17) is 22.9 Å². The molecule has 1 aromatic rings. The average Bonchev–Trinajstić information content (AvgIpc) is 1.55. The zero-order valence-corrected chi connectivity index (χ0v) is 59.9. The van der Waals surface area contributed by atoms with E-state index in [1.54, 1.807) is 67.5 Å². The monoisotopic (exact) mass is 1410 g/mol. The number of benzene rings is 1. The summed E-state index contributed by atoms with van der Waals surface area (Å²) in [5.41, 5.74) is 23.1. The van der Waals surface area contributed by atoms with Crippen molar-refractivity contribution < 1.29 is 82.4 Å². The van der Waals surface area contributed by atoms with Gasteiger partial charge < -0.3 is 102 Å². The normalized spacial score (nSPS) is 17.1. The van der Waals surface area contributed by atoms with E-state index < -0.39 is 199 Å². The summed E-state index contributed by atoms with van der Waals surface area (Å²) >= 11 is 0. The fraction of sp³-hybridized carbons (Fsp3) is 0.701. The molecule has 33 nitrogen and oxygen atoms in total. The fourth-order valence-corrected chi connectivity index (χ4v) is 11.1. The van der Waals surface area contributed by atoms with Gasteiger partial charge in [-0.05, 0) is 118 Å². The van der Waals surface area contributed by atoms with Gasteiger partial charge in [0.25, 0.3) is 0 Å². The molecular formula is C67H114N16O17.